The molecule has 3 atom stereocenters. The molecule has 2 heterocycles. The second-order valence-electron chi connectivity index (χ2n) is 7.04. The highest BCUT2D eigenvalue weighted by molar-refractivity contribution is 5.67. The molecule has 1 saturated carbocycles. The molecule has 4 N–H and O–H groups in total. The van der Waals surface area contributed by atoms with Gasteiger partial charge in [0.05, 0.1) is 6.04 Å². The number of alkyl carbamates (subject to hydrolysis) is 1. The number of hydrogen-bond acceptors (Lipinski definition) is 6. The molecule has 2 aliphatic rings. The number of β-amino-alcohol motifs (C(OH)–C–C–N with tert-alkyl or cyclic N) is 1. The molecule has 8 heteroatoms. The van der Waals surface area contributed by atoms with Gasteiger partial charge in [-0.1, -0.05) is 29.5 Å². The molecule has 1 aliphatic carbocycles. The van der Waals surface area contributed by atoms with Crippen molar-refractivity contribution < 1.29 is 14.6 Å². The van der Waals surface area contributed by atoms with Gasteiger partial charge in [0.25, 0.3) is 0 Å². The fourth-order valence-corrected chi connectivity index (χ4v) is 3.24. The average Bonchev–Trinajstić information content (AvgIpc) is 3.21. The lowest BCUT2D eigenvalue weighted by atomic mass is 10.00. The quantitative estimate of drug-likeness (QED) is 0.610. The van der Waals surface area contributed by atoms with Gasteiger partial charge >= 0.3 is 6.09 Å². The monoisotopic (exact) mass is 357 g/mol. The highest BCUT2D eigenvalue weighted by Gasteiger charge is 2.38. The van der Waals surface area contributed by atoms with Gasteiger partial charge in [0.15, 0.2) is 0 Å². The van der Waals surface area contributed by atoms with Crippen molar-refractivity contribution in [2.24, 2.45) is 5.92 Å². The maximum absolute atomic E-state index is 12.0. The van der Waals surface area contributed by atoms with E-state index in [0.717, 1.165) is 16.8 Å². The molecule has 26 heavy (non-hydrogen) atoms. The lowest BCUT2D eigenvalue weighted by molar-refractivity contribution is 0.0189. The maximum Gasteiger partial charge on any atom is 0.407 e. The number of nitrogens with one attached hydrogen (secondary N) is 3. The molecule has 0 radical (unpaired) electrons. The maximum atomic E-state index is 12.0. The number of ether oxygens (including phenoxy) is 1. The van der Waals surface area contributed by atoms with Crippen molar-refractivity contribution >= 4 is 6.09 Å². The number of aromatic nitrogens is 3. The third-order valence-electron chi connectivity index (χ3n) is 4.96. The summed E-state index contributed by atoms with van der Waals surface area (Å²) < 4.78 is 5.48. The number of aromatic amines is 1. The van der Waals surface area contributed by atoms with Gasteiger partial charge in [0.1, 0.15) is 17.9 Å². The lowest BCUT2D eigenvalue weighted by Crippen LogP contribution is -2.41. The van der Waals surface area contributed by atoms with Crippen molar-refractivity contribution in [1.82, 2.24) is 26.0 Å². The van der Waals surface area contributed by atoms with E-state index in [0.29, 0.717) is 25.4 Å². The van der Waals surface area contributed by atoms with Gasteiger partial charge in [-0.2, -0.15) is 0 Å². The number of benzene rings is 1. The molecule has 1 aromatic heterocycles. The SMILES string of the molecule is O=C(NCC1CC1)O[C@@H]1[C@@H](O)CN[C@@H]1Cc1ccc(-c2c[nH]nn2)cc1. The van der Waals surface area contributed by atoms with E-state index >= 15 is 0 Å². The van der Waals surface area contributed by atoms with Gasteiger partial charge in [-0.15, -0.1) is 5.10 Å². The first-order valence-corrected chi connectivity index (χ1v) is 9.01. The minimum atomic E-state index is -0.693. The van der Waals surface area contributed by atoms with Gasteiger partial charge in [-0.05, 0) is 30.7 Å². The number of H-pyrrole nitrogens is 1. The predicted molar refractivity (Wildman–Crippen MR) is 94.3 cm³/mol. The molecule has 4 rings (SSSR count). The smallest absolute Gasteiger partial charge is 0.407 e. The van der Waals surface area contributed by atoms with Crippen molar-refractivity contribution in [1.29, 1.82) is 0 Å². The third-order valence-corrected chi connectivity index (χ3v) is 4.96. The van der Waals surface area contributed by atoms with Crippen molar-refractivity contribution in [3.05, 3.63) is 36.0 Å². The molecule has 2 aromatic rings. The molecule has 138 valence electrons. The molecule has 0 bridgehead atoms. The summed E-state index contributed by atoms with van der Waals surface area (Å²) in [5.74, 6) is 0.591. The largest absolute Gasteiger partial charge is 0.442 e. The topological polar surface area (TPSA) is 112 Å². The van der Waals surface area contributed by atoms with Crippen LogP contribution >= 0.6 is 0 Å². The molecule has 1 aromatic carbocycles. The minimum absolute atomic E-state index is 0.116. The van der Waals surface area contributed by atoms with E-state index in [1.807, 2.05) is 24.3 Å². The molecule has 0 spiro atoms. The van der Waals surface area contributed by atoms with Crippen LogP contribution in [0.2, 0.25) is 0 Å². The number of aliphatic hydroxyl groups is 1. The van der Waals surface area contributed by atoms with E-state index in [9.17, 15) is 9.90 Å². The molecule has 2 fully saturated rings. The fraction of sp³-hybridized carbons (Fsp3) is 0.500. The summed E-state index contributed by atoms with van der Waals surface area (Å²) in [6, 6.07) is 7.88. The number of aliphatic hydroxyl groups excluding tert-OH is 1. The van der Waals surface area contributed by atoms with Crippen LogP contribution in [0.4, 0.5) is 4.79 Å². The second-order valence-corrected chi connectivity index (χ2v) is 7.04. The van der Waals surface area contributed by atoms with Crippen molar-refractivity contribution in [2.45, 2.75) is 37.5 Å². The predicted octanol–water partition coefficient (Wildman–Crippen LogP) is 0.852. The molecular formula is C18H23N5O3. The second kappa shape index (κ2) is 7.43. The number of rotatable bonds is 6. The first kappa shape index (κ1) is 17.0. The zero-order valence-corrected chi connectivity index (χ0v) is 14.4. The fourth-order valence-electron chi connectivity index (χ4n) is 3.24. The highest BCUT2D eigenvalue weighted by atomic mass is 16.6. The van der Waals surface area contributed by atoms with Crippen LogP contribution in [0.5, 0.6) is 0 Å². The third kappa shape index (κ3) is 4.03. The molecule has 1 saturated heterocycles. The number of carbonyl (C=O) groups excluding carboxylic acids is 1. The zero-order valence-electron chi connectivity index (χ0n) is 14.4. The molecule has 1 amide bonds. The summed E-state index contributed by atoms with van der Waals surface area (Å²) in [6.07, 6.45) is 3.05. The van der Waals surface area contributed by atoms with Crippen molar-refractivity contribution in [2.75, 3.05) is 13.1 Å². The Morgan fingerprint density at radius 2 is 2.12 bits per heavy atom. The van der Waals surface area contributed by atoms with Crippen molar-refractivity contribution in [3.63, 3.8) is 0 Å². The summed E-state index contributed by atoms with van der Waals surface area (Å²) in [5, 5.41) is 26.6. The van der Waals surface area contributed by atoms with E-state index in [1.165, 1.54) is 12.8 Å². The molecule has 1 aliphatic heterocycles. The van der Waals surface area contributed by atoms with Gasteiger partial charge < -0.3 is 20.5 Å². The summed E-state index contributed by atoms with van der Waals surface area (Å²) in [4.78, 5) is 12.0. The highest BCUT2D eigenvalue weighted by Crippen LogP contribution is 2.27. The number of nitrogens with zero attached hydrogens (tertiary/aromatic N) is 2. The summed E-state index contributed by atoms with van der Waals surface area (Å²) >= 11 is 0. The molecule has 0 unspecified atom stereocenters. The Labute approximate surface area is 151 Å². The minimum Gasteiger partial charge on any atom is -0.442 e. The summed E-state index contributed by atoms with van der Waals surface area (Å²) in [7, 11) is 0. The summed E-state index contributed by atoms with van der Waals surface area (Å²) in [5.41, 5.74) is 2.87. The van der Waals surface area contributed by atoms with E-state index in [2.05, 4.69) is 26.0 Å². The normalized spacial score (nSPS) is 25.2. The first-order chi connectivity index (χ1) is 12.7. The molecule has 8 nitrogen and oxygen atoms in total. The standard InChI is InChI=1S/C18H23N5O3/c24-16-10-19-14(17(16)26-18(25)20-8-12-1-2-12)7-11-3-5-13(6-4-11)15-9-21-23-22-15/h3-6,9,12,14,16-17,19,24H,1-2,7-8,10H2,(H,20,25)(H,21,22,23)/t14-,16+,17+/m1/s1. The van der Waals surface area contributed by atoms with Crippen LogP contribution in [-0.2, 0) is 11.2 Å². The van der Waals surface area contributed by atoms with Crippen molar-refractivity contribution in [3.8, 4) is 11.3 Å². The first-order valence-electron chi connectivity index (χ1n) is 9.01. The van der Waals surface area contributed by atoms with Crippen LogP contribution in [0, 0.1) is 5.92 Å². The zero-order chi connectivity index (χ0) is 17.9. The van der Waals surface area contributed by atoms with Crippen LogP contribution in [-0.4, -0.2) is 57.9 Å². The van der Waals surface area contributed by atoms with Gasteiger partial charge in [0.2, 0.25) is 0 Å². The van der Waals surface area contributed by atoms with Crippen LogP contribution in [0.1, 0.15) is 18.4 Å². The Morgan fingerprint density at radius 1 is 1.31 bits per heavy atom. The van der Waals surface area contributed by atoms with Gasteiger partial charge in [0, 0.05) is 24.8 Å². The Balaban J connectivity index is 1.35. The number of amides is 1. The number of carbonyl (C=O) groups is 1. The van der Waals surface area contributed by atoms with E-state index in [1.54, 1.807) is 6.20 Å². The van der Waals surface area contributed by atoms with E-state index in [4.69, 9.17) is 4.74 Å². The Hall–Kier alpha value is -2.45. The average molecular weight is 357 g/mol. The van der Waals surface area contributed by atoms with Gasteiger partial charge in [-0.3, -0.25) is 5.10 Å². The lowest BCUT2D eigenvalue weighted by Gasteiger charge is -2.22. The Kier molecular flexibility index (Phi) is 4.85. The van der Waals surface area contributed by atoms with Gasteiger partial charge in [-0.25, -0.2) is 4.79 Å². The van der Waals surface area contributed by atoms with Crippen LogP contribution in [0.15, 0.2) is 30.5 Å². The van der Waals surface area contributed by atoms with Crippen LogP contribution in [0.3, 0.4) is 0 Å². The molecular weight excluding hydrogens is 334 g/mol. The van der Waals surface area contributed by atoms with Crippen LogP contribution < -0.4 is 10.6 Å². The summed E-state index contributed by atoms with van der Waals surface area (Å²) in [6.45, 7) is 1.07. The number of hydrogen-bond donors (Lipinski definition) is 4. The van der Waals surface area contributed by atoms with E-state index in [-0.39, 0.29) is 6.04 Å². The van der Waals surface area contributed by atoms with E-state index < -0.39 is 18.3 Å². The van der Waals surface area contributed by atoms with Crippen LogP contribution in [0.25, 0.3) is 11.3 Å². The Bertz CT molecular complexity index is 730. The Morgan fingerprint density at radius 3 is 2.81 bits per heavy atom.